The van der Waals surface area contributed by atoms with Crippen molar-refractivity contribution >= 4 is 35.0 Å². The molecule has 2 aromatic heterocycles. The van der Waals surface area contributed by atoms with Crippen molar-refractivity contribution in [2.45, 2.75) is 17.3 Å². The maximum atomic E-state index is 13.5. The fourth-order valence-corrected chi connectivity index (χ4v) is 4.84. The van der Waals surface area contributed by atoms with Crippen molar-refractivity contribution in [3.05, 3.63) is 113 Å². The van der Waals surface area contributed by atoms with E-state index >= 15 is 0 Å². The first-order valence-electron chi connectivity index (χ1n) is 10.9. The van der Waals surface area contributed by atoms with Crippen LogP contribution in [0.2, 0.25) is 5.02 Å². The van der Waals surface area contributed by atoms with Gasteiger partial charge in [-0.3, -0.25) is 9.36 Å². The number of halogens is 1. The van der Waals surface area contributed by atoms with E-state index < -0.39 is 5.25 Å². The summed E-state index contributed by atoms with van der Waals surface area (Å²) in [7, 11) is 0. The number of amides is 1. The molecule has 0 unspecified atom stereocenters. The molecule has 0 fully saturated rings. The zero-order chi connectivity index (χ0) is 24.2. The lowest BCUT2D eigenvalue weighted by Gasteiger charge is -2.18. The van der Waals surface area contributed by atoms with E-state index in [1.165, 1.54) is 11.8 Å². The third kappa shape index (κ3) is 5.01. The standard InChI is InChI=1S/C27H21ClN4O2S/c1-18-14-15-20(17-22(18)28)29-26(33)24(19-9-4-2-5-10-19)35-27-31-30-25(23-13-8-16-34-23)32(27)21-11-6-3-7-12-21/h2-17,24H,1H3,(H,29,33)/t24-/m0/s1. The zero-order valence-corrected chi connectivity index (χ0v) is 20.3. The van der Waals surface area contributed by atoms with Gasteiger partial charge in [0.05, 0.1) is 6.26 Å². The van der Waals surface area contributed by atoms with Crippen LogP contribution in [0.4, 0.5) is 5.69 Å². The molecule has 0 spiro atoms. The first-order valence-corrected chi connectivity index (χ1v) is 12.2. The summed E-state index contributed by atoms with van der Waals surface area (Å²) in [4.78, 5) is 13.5. The summed E-state index contributed by atoms with van der Waals surface area (Å²) in [5.41, 5.74) is 3.28. The molecule has 0 aliphatic heterocycles. The molecule has 0 bridgehead atoms. The van der Waals surface area contributed by atoms with Crippen LogP contribution in [-0.2, 0) is 4.79 Å². The largest absolute Gasteiger partial charge is 0.461 e. The van der Waals surface area contributed by atoms with Crippen molar-refractivity contribution in [3.8, 4) is 17.3 Å². The number of aromatic nitrogens is 3. The van der Waals surface area contributed by atoms with Gasteiger partial charge in [0.15, 0.2) is 10.9 Å². The molecule has 5 rings (SSSR count). The molecule has 8 heteroatoms. The number of carbonyl (C=O) groups is 1. The molecular formula is C27H21ClN4O2S. The van der Waals surface area contributed by atoms with Crippen LogP contribution in [0.25, 0.3) is 17.3 Å². The van der Waals surface area contributed by atoms with Gasteiger partial charge < -0.3 is 9.73 Å². The molecule has 0 saturated carbocycles. The van der Waals surface area contributed by atoms with Crippen molar-refractivity contribution in [2.75, 3.05) is 5.32 Å². The Balaban J connectivity index is 1.54. The lowest BCUT2D eigenvalue weighted by atomic mass is 10.1. The Labute approximate surface area is 212 Å². The summed E-state index contributed by atoms with van der Waals surface area (Å²) in [6.45, 7) is 1.92. The Bertz CT molecular complexity index is 1440. The molecule has 35 heavy (non-hydrogen) atoms. The number of nitrogens with one attached hydrogen (secondary N) is 1. The highest BCUT2D eigenvalue weighted by Gasteiger charge is 2.27. The van der Waals surface area contributed by atoms with Gasteiger partial charge in [-0.1, -0.05) is 78.0 Å². The molecular weight excluding hydrogens is 480 g/mol. The molecule has 1 amide bonds. The lowest BCUT2D eigenvalue weighted by Crippen LogP contribution is -2.19. The van der Waals surface area contributed by atoms with Crippen LogP contribution in [0.15, 0.2) is 107 Å². The molecule has 5 aromatic rings. The minimum Gasteiger partial charge on any atom is -0.461 e. The first kappa shape index (κ1) is 23.0. The number of hydrogen-bond donors (Lipinski definition) is 1. The maximum absolute atomic E-state index is 13.5. The molecule has 0 aliphatic rings. The van der Waals surface area contributed by atoms with Crippen LogP contribution in [0.1, 0.15) is 16.4 Å². The quantitative estimate of drug-likeness (QED) is 0.244. The van der Waals surface area contributed by atoms with Gasteiger partial charge in [-0.15, -0.1) is 10.2 Å². The number of nitrogens with zero attached hydrogens (tertiary/aromatic N) is 3. The van der Waals surface area contributed by atoms with Crippen LogP contribution < -0.4 is 5.32 Å². The van der Waals surface area contributed by atoms with Gasteiger partial charge in [-0.25, -0.2) is 0 Å². The van der Waals surface area contributed by atoms with Gasteiger partial charge in [0.25, 0.3) is 0 Å². The number of para-hydroxylation sites is 1. The van der Waals surface area contributed by atoms with Gasteiger partial charge in [0.1, 0.15) is 5.25 Å². The Morgan fingerprint density at radius 2 is 1.71 bits per heavy atom. The average molecular weight is 501 g/mol. The van der Waals surface area contributed by atoms with E-state index in [9.17, 15) is 4.79 Å². The monoisotopic (exact) mass is 500 g/mol. The summed E-state index contributed by atoms with van der Waals surface area (Å²) in [5, 5.41) is 12.4. The van der Waals surface area contributed by atoms with E-state index in [2.05, 4.69) is 15.5 Å². The highest BCUT2D eigenvalue weighted by Crippen LogP contribution is 2.38. The van der Waals surface area contributed by atoms with Crippen LogP contribution >= 0.6 is 23.4 Å². The number of thioether (sulfide) groups is 1. The summed E-state index contributed by atoms with van der Waals surface area (Å²) >= 11 is 7.60. The molecule has 174 valence electrons. The summed E-state index contributed by atoms with van der Waals surface area (Å²) in [5.74, 6) is 0.952. The molecule has 0 aliphatic carbocycles. The normalized spacial score (nSPS) is 11.8. The Morgan fingerprint density at radius 3 is 2.40 bits per heavy atom. The highest BCUT2D eigenvalue weighted by atomic mass is 35.5. The van der Waals surface area contributed by atoms with E-state index in [1.54, 1.807) is 18.4 Å². The Morgan fingerprint density at radius 1 is 0.971 bits per heavy atom. The third-order valence-electron chi connectivity index (χ3n) is 5.39. The smallest absolute Gasteiger partial charge is 0.242 e. The second kappa shape index (κ2) is 10.2. The van der Waals surface area contributed by atoms with Gasteiger partial charge in [0.2, 0.25) is 11.7 Å². The van der Waals surface area contributed by atoms with Crippen LogP contribution in [0.3, 0.4) is 0 Å². The van der Waals surface area contributed by atoms with Crippen LogP contribution in [-0.4, -0.2) is 20.7 Å². The van der Waals surface area contributed by atoms with E-state index in [4.69, 9.17) is 16.0 Å². The zero-order valence-electron chi connectivity index (χ0n) is 18.8. The van der Waals surface area contributed by atoms with Crippen molar-refractivity contribution in [2.24, 2.45) is 0 Å². The summed E-state index contributed by atoms with van der Waals surface area (Å²) in [6.07, 6.45) is 1.60. The van der Waals surface area contributed by atoms with Crippen molar-refractivity contribution in [1.29, 1.82) is 0 Å². The molecule has 2 heterocycles. The third-order valence-corrected chi connectivity index (χ3v) is 7.00. The van der Waals surface area contributed by atoms with E-state index in [1.807, 2.05) is 90.4 Å². The predicted molar refractivity (Wildman–Crippen MR) is 139 cm³/mol. The first-order chi connectivity index (χ1) is 17.1. The molecule has 1 atom stereocenters. The Kier molecular flexibility index (Phi) is 6.70. The lowest BCUT2D eigenvalue weighted by molar-refractivity contribution is -0.115. The van der Waals surface area contributed by atoms with Gasteiger partial charge >= 0.3 is 0 Å². The molecule has 1 N–H and O–H groups in total. The van der Waals surface area contributed by atoms with E-state index in [0.29, 0.717) is 27.5 Å². The van der Waals surface area contributed by atoms with Crippen LogP contribution in [0, 0.1) is 6.92 Å². The number of rotatable bonds is 7. The number of benzene rings is 3. The van der Waals surface area contributed by atoms with E-state index in [-0.39, 0.29) is 5.91 Å². The van der Waals surface area contributed by atoms with Crippen LogP contribution in [0.5, 0.6) is 0 Å². The van der Waals surface area contributed by atoms with Crippen molar-refractivity contribution in [1.82, 2.24) is 14.8 Å². The van der Waals surface area contributed by atoms with Gasteiger partial charge in [-0.2, -0.15) is 0 Å². The fraction of sp³-hybridized carbons (Fsp3) is 0.0741. The number of carbonyl (C=O) groups excluding carboxylic acids is 1. The second-order valence-electron chi connectivity index (χ2n) is 7.82. The number of aryl methyl sites for hydroxylation is 1. The molecule has 0 radical (unpaired) electrons. The fourth-order valence-electron chi connectivity index (χ4n) is 3.61. The second-order valence-corrected chi connectivity index (χ2v) is 9.30. The molecule has 6 nitrogen and oxygen atoms in total. The predicted octanol–water partition coefficient (Wildman–Crippen LogP) is 6.96. The highest BCUT2D eigenvalue weighted by molar-refractivity contribution is 8.00. The number of furan rings is 1. The SMILES string of the molecule is Cc1ccc(NC(=O)[C@@H](Sc2nnc(-c3ccco3)n2-c2ccccc2)c2ccccc2)cc1Cl. The van der Waals surface area contributed by atoms with Crippen molar-refractivity contribution in [3.63, 3.8) is 0 Å². The van der Waals surface area contributed by atoms with Crippen molar-refractivity contribution < 1.29 is 9.21 Å². The number of anilines is 1. The van der Waals surface area contributed by atoms with E-state index in [0.717, 1.165) is 16.8 Å². The van der Waals surface area contributed by atoms with Gasteiger partial charge in [-0.05, 0) is 54.4 Å². The summed E-state index contributed by atoms with van der Waals surface area (Å²) in [6, 6.07) is 28.5. The topological polar surface area (TPSA) is 73.0 Å². The minimum absolute atomic E-state index is 0.191. The average Bonchev–Trinajstić information content (AvgIpc) is 3.56. The maximum Gasteiger partial charge on any atom is 0.242 e. The van der Waals surface area contributed by atoms with Gasteiger partial charge in [0, 0.05) is 16.4 Å². The number of hydrogen-bond acceptors (Lipinski definition) is 5. The Hall–Kier alpha value is -3.81. The minimum atomic E-state index is -0.590. The molecule has 0 saturated heterocycles. The molecule has 3 aromatic carbocycles. The summed E-state index contributed by atoms with van der Waals surface area (Å²) < 4.78 is 7.51.